The highest BCUT2D eigenvalue weighted by Crippen LogP contribution is 2.18. The van der Waals surface area contributed by atoms with E-state index in [1.807, 2.05) is 64.1 Å². The maximum Gasteiger partial charge on any atom is 0.243 e. The third-order valence-corrected chi connectivity index (χ3v) is 5.47. The summed E-state index contributed by atoms with van der Waals surface area (Å²) in [6.07, 6.45) is 1.60. The van der Waals surface area contributed by atoms with Gasteiger partial charge in [-0.2, -0.15) is 0 Å². The van der Waals surface area contributed by atoms with Crippen LogP contribution in [0.1, 0.15) is 50.3 Å². The number of nitrogens with zero attached hydrogens (tertiary/aromatic N) is 1. The van der Waals surface area contributed by atoms with Gasteiger partial charge in [-0.25, -0.2) is 0 Å². The average molecular weight is 415 g/mol. The molecular weight excluding hydrogens is 384 g/mol. The van der Waals surface area contributed by atoms with Crippen molar-refractivity contribution in [2.75, 3.05) is 0 Å². The molecule has 0 radical (unpaired) electrons. The first kappa shape index (κ1) is 23.0. The van der Waals surface area contributed by atoms with Crippen LogP contribution in [0.5, 0.6) is 0 Å². The number of amides is 2. The number of carbonyl (C=O) groups excluding carboxylic acids is 2. The molecule has 29 heavy (non-hydrogen) atoms. The van der Waals surface area contributed by atoms with E-state index in [1.54, 1.807) is 17.0 Å². The van der Waals surface area contributed by atoms with Crippen LogP contribution in [0.4, 0.5) is 0 Å². The van der Waals surface area contributed by atoms with Crippen LogP contribution in [-0.2, 0) is 22.6 Å². The van der Waals surface area contributed by atoms with Crippen LogP contribution in [0.2, 0.25) is 5.02 Å². The normalized spacial score (nSPS) is 12.9. The van der Waals surface area contributed by atoms with Crippen molar-refractivity contribution < 1.29 is 9.59 Å². The molecule has 0 fully saturated rings. The standard InChI is InChI=1S/C24H31ClN2O2/c1-5-18(4)26-24(29)22(6-2)27(16-20-12-8-7-10-17(20)3)23(28)15-19-11-9-13-21(25)14-19/h7-14,18,22H,5-6,15-16H2,1-4H3,(H,26,29)/t18-,22-/m1/s1. The summed E-state index contributed by atoms with van der Waals surface area (Å²) in [5.41, 5.74) is 2.99. The topological polar surface area (TPSA) is 49.4 Å². The first-order valence-corrected chi connectivity index (χ1v) is 10.6. The Morgan fingerprint density at radius 3 is 2.41 bits per heavy atom. The minimum Gasteiger partial charge on any atom is -0.352 e. The van der Waals surface area contributed by atoms with Gasteiger partial charge in [0.25, 0.3) is 0 Å². The first-order valence-electron chi connectivity index (χ1n) is 10.2. The van der Waals surface area contributed by atoms with E-state index in [9.17, 15) is 9.59 Å². The predicted molar refractivity (Wildman–Crippen MR) is 119 cm³/mol. The lowest BCUT2D eigenvalue weighted by atomic mass is 10.0. The van der Waals surface area contributed by atoms with Crippen molar-refractivity contribution in [3.63, 3.8) is 0 Å². The molecule has 0 bridgehead atoms. The molecule has 0 aliphatic heterocycles. The van der Waals surface area contributed by atoms with Crippen molar-refractivity contribution in [2.45, 2.75) is 65.6 Å². The Morgan fingerprint density at radius 1 is 1.07 bits per heavy atom. The van der Waals surface area contributed by atoms with Crippen LogP contribution >= 0.6 is 11.6 Å². The summed E-state index contributed by atoms with van der Waals surface area (Å²) >= 11 is 6.08. The minimum absolute atomic E-state index is 0.0693. The molecule has 4 nitrogen and oxygen atoms in total. The second kappa shape index (κ2) is 11.0. The molecule has 0 unspecified atom stereocenters. The second-order valence-corrected chi connectivity index (χ2v) is 7.93. The number of hydrogen-bond acceptors (Lipinski definition) is 2. The Hall–Kier alpha value is -2.33. The number of carbonyl (C=O) groups is 2. The monoisotopic (exact) mass is 414 g/mol. The number of rotatable bonds is 9. The summed E-state index contributed by atoms with van der Waals surface area (Å²) in [4.78, 5) is 28.0. The summed E-state index contributed by atoms with van der Waals surface area (Å²) in [5.74, 6) is -0.184. The van der Waals surface area contributed by atoms with Crippen molar-refractivity contribution in [1.82, 2.24) is 10.2 Å². The van der Waals surface area contributed by atoms with E-state index >= 15 is 0 Å². The molecule has 2 atom stereocenters. The molecule has 0 spiro atoms. The zero-order valence-corrected chi connectivity index (χ0v) is 18.5. The van der Waals surface area contributed by atoms with E-state index in [4.69, 9.17) is 11.6 Å². The van der Waals surface area contributed by atoms with Gasteiger partial charge in [0, 0.05) is 17.6 Å². The van der Waals surface area contributed by atoms with Gasteiger partial charge in [-0.1, -0.05) is 61.8 Å². The maximum absolute atomic E-state index is 13.3. The zero-order valence-electron chi connectivity index (χ0n) is 17.7. The van der Waals surface area contributed by atoms with Gasteiger partial charge in [-0.15, -0.1) is 0 Å². The van der Waals surface area contributed by atoms with Crippen LogP contribution < -0.4 is 5.32 Å². The van der Waals surface area contributed by atoms with Gasteiger partial charge in [0.05, 0.1) is 6.42 Å². The molecule has 0 aromatic heterocycles. The largest absolute Gasteiger partial charge is 0.352 e. The van der Waals surface area contributed by atoms with E-state index in [2.05, 4.69) is 5.32 Å². The van der Waals surface area contributed by atoms with Crippen LogP contribution in [0.25, 0.3) is 0 Å². The summed E-state index contributed by atoms with van der Waals surface area (Å²) < 4.78 is 0. The van der Waals surface area contributed by atoms with Crippen molar-refractivity contribution in [1.29, 1.82) is 0 Å². The molecule has 0 aliphatic carbocycles. The number of halogens is 1. The lowest BCUT2D eigenvalue weighted by Gasteiger charge is -2.32. The van der Waals surface area contributed by atoms with Crippen LogP contribution in [0, 0.1) is 6.92 Å². The van der Waals surface area contributed by atoms with Crippen molar-refractivity contribution in [3.8, 4) is 0 Å². The van der Waals surface area contributed by atoms with Gasteiger partial charge in [0.15, 0.2) is 0 Å². The SMILES string of the molecule is CC[C@@H](C)NC(=O)[C@@H](CC)N(Cc1ccccc1C)C(=O)Cc1cccc(Cl)c1. The summed E-state index contributed by atoms with van der Waals surface area (Å²) in [6, 6.07) is 14.8. The smallest absolute Gasteiger partial charge is 0.243 e. The van der Waals surface area contributed by atoms with E-state index in [-0.39, 0.29) is 24.3 Å². The molecule has 2 amide bonds. The fourth-order valence-corrected chi connectivity index (χ4v) is 3.47. The zero-order chi connectivity index (χ0) is 21.4. The molecule has 0 saturated heterocycles. The summed E-state index contributed by atoms with van der Waals surface area (Å²) in [7, 11) is 0. The quantitative estimate of drug-likeness (QED) is 0.633. The predicted octanol–water partition coefficient (Wildman–Crippen LogP) is 4.91. The number of benzene rings is 2. The lowest BCUT2D eigenvalue weighted by molar-refractivity contribution is -0.141. The van der Waals surface area contributed by atoms with Gasteiger partial charge in [0.2, 0.25) is 11.8 Å². The summed E-state index contributed by atoms with van der Waals surface area (Å²) in [6.45, 7) is 8.37. The Labute approximate surface area is 179 Å². The molecule has 156 valence electrons. The highest BCUT2D eigenvalue weighted by Gasteiger charge is 2.29. The molecule has 0 aliphatic rings. The van der Waals surface area contributed by atoms with Crippen molar-refractivity contribution in [3.05, 3.63) is 70.2 Å². The Kier molecular flexibility index (Phi) is 8.71. The molecule has 2 rings (SSSR count). The third-order valence-electron chi connectivity index (χ3n) is 5.23. The molecule has 2 aromatic carbocycles. The van der Waals surface area contributed by atoms with Gasteiger partial charge in [-0.05, 0) is 55.5 Å². The number of hydrogen-bond donors (Lipinski definition) is 1. The summed E-state index contributed by atoms with van der Waals surface area (Å²) in [5, 5.41) is 3.63. The molecule has 5 heteroatoms. The van der Waals surface area contributed by atoms with Crippen molar-refractivity contribution in [2.24, 2.45) is 0 Å². The van der Waals surface area contributed by atoms with E-state index in [0.717, 1.165) is 23.1 Å². The third kappa shape index (κ3) is 6.60. The van der Waals surface area contributed by atoms with Crippen LogP contribution in [0.15, 0.2) is 48.5 Å². The van der Waals surface area contributed by atoms with Crippen LogP contribution in [-0.4, -0.2) is 28.8 Å². The Morgan fingerprint density at radius 2 is 1.79 bits per heavy atom. The maximum atomic E-state index is 13.3. The highest BCUT2D eigenvalue weighted by atomic mass is 35.5. The van der Waals surface area contributed by atoms with Gasteiger partial charge in [0.1, 0.15) is 6.04 Å². The van der Waals surface area contributed by atoms with E-state index < -0.39 is 6.04 Å². The molecule has 1 N–H and O–H groups in total. The fraction of sp³-hybridized carbons (Fsp3) is 0.417. The van der Waals surface area contributed by atoms with Gasteiger partial charge in [-0.3, -0.25) is 9.59 Å². The van der Waals surface area contributed by atoms with Crippen LogP contribution in [0.3, 0.4) is 0 Å². The fourth-order valence-electron chi connectivity index (χ4n) is 3.25. The first-order chi connectivity index (χ1) is 13.8. The molecule has 2 aromatic rings. The Bertz CT molecular complexity index is 837. The average Bonchev–Trinajstić information content (AvgIpc) is 2.69. The van der Waals surface area contributed by atoms with Gasteiger partial charge < -0.3 is 10.2 Å². The minimum atomic E-state index is -0.518. The lowest BCUT2D eigenvalue weighted by Crippen LogP contribution is -2.51. The number of nitrogens with one attached hydrogen (secondary N) is 1. The van der Waals surface area contributed by atoms with Crippen molar-refractivity contribution >= 4 is 23.4 Å². The number of aryl methyl sites for hydroxylation is 1. The molecular formula is C24H31ClN2O2. The Balaban J connectivity index is 2.31. The highest BCUT2D eigenvalue weighted by molar-refractivity contribution is 6.30. The van der Waals surface area contributed by atoms with Gasteiger partial charge >= 0.3 is 0 Å². The second-order valence-electron chi connectivity index (χ2n) is 7.50. The molecule has 0 heterocycles. The van der Waals surface area contributed by atoms with E-state index in [0.29, 0.717) is 18.0 Å². The molecule has 0 saturated carbocycles. The van der Waals surface area contributed by atoms with E-state index in [1.165, 1.54) is 0 Å².